The summed E-state index contributed by atoms with van der Waals surface area (Å²) in [5.74, 6) is 0. The molecule has 0 aromatic carbocycles. The van der Waals surface area contributed by atoms with Crippen LogP contribution in [0.3, 0.4) is 0 Å². The first-order valence-electron chi connectivity index (χ1n) is 2.84. The predicted molar refractivity (Wildman–Crippen MR) is 39.2 cm³/mol. The Labute approximate surface area is 65.9 Å². The van der Waals surface area contributed by atoms with E-state index in [9.17, 15) is 0 Å². The van der Waals surface area contributed by atoms with Crippen LogP contribution in [0.5, 0.6) is 0 Å². The molecule has 1 fully saturated rings. The monoisotopic (exact) mass is 168 g/mol. The first-order chi connectivity index (χ1) is 4.25. The Kier molecular flexibility index (Phi) is 4.23. The topological polar surface area (TPSA) is 69.9 Å². The van der Waals surface area contributed by atoms with Crippen LogP contribution in [0.25, 0.3) is 0 Å². The van der Waals surface area contributed by atoms with Crippen molar-refractivity contribution in [3.63, 3.8) is 0 Å². The molecular formula is C5H12O4S. The largest absolute Gasteiger partial charge is 0.394 e. The normalized spacial score (nSPS) is 39.3. The summed E-state index contributed by atoms with van der Waals surface area (Å²) in [5.41, 5.74) is 0. The van der Waals surface area contributed by atoms with Crippen molar-refractivity contribution >= 4 is 13.5 Å². The molecule has 4 nitrogen and oxygen atoms in total. The maximum atomic E-state index is 8.92. The number of aliphatic hydroxyl groups is 3. The van der Waals surface area contributed by atoms with E-state index in [2.05, 4.69) is 0 Å². The molecule has 10 heavy (non-hydrogen) atoms. The molecule has 0 aromatic heterocycles. The second-order valence-electron chi connectivity index (χ2n) is 2.11. The molecule has 0 saturated carbocycles. The van der Waals surface area contributed by atoms with Gasteiger partial charge < -0.3 is 20.1 Å². The van der Waals surface area contributed by atoms with Gasteiger partial charge in [-0.1, -0.05) is 0 Å². The zero-order valence-electron chi connectivity index (χ0n) is 5.40. The Morgan fingerprint density at radius 3 is 2.20 bits per heavy atom. The highest BCUT2D eigenvalue weighted by atomic mass is 32.1. The molecule has 0 bridgehead atoms. The van der Waals surface area contributed by atoms with Crippen LogP contribution in [0.15, 0.2) is 0 Å². The third kappa shape index (κ3) is 1.83. The number of rotatable bonds is 1. The summed E-state index contributed by atoms with van der Waals surface area (Å²) in [6.45, 7) is -0.120. The van der Waals surface area contributed by atoms with Crippen molar-refractivity contribution in [2.45, 2.75) is 18.3 Å². The van der Waals surface area contributed by atoms with Crippen LogP contribution in [0.2, 0.25) is 0 Å². The SMILES string of the molecule is OC[C@H]1OC[C@@H](O)[C@@H]1O.S. The van der Waals surface area contributed by atoms with E-state index in [1.165, 1.54) is 0 Å². The van der Waals surface area contributed by atoms with Gasteiger partial charge in [0.2, 0.25) is 0 Å². The summed E-state index contributed by atoms with van der Waals surface area (Å²) < 4.78 is 4.78. The molecule has 5 heteroatoms. The van der Waals surface area contributed by atoms with Crippen LogP contribution in [0.1, 0.15) is 0 Å². The van der Waals surface area contributed by atoms with Crippen LogP contribution in [-0.4, -0.2) is 46.8 Å². The quantitative estimate of drug-likeness (QED) is 0.432. The first kappa shape index (κ1) is 10.2. The zero-order valence-corrected chi connectivity index (χ0v) is 6.40. The first-order valence-corrected chi connectivity index (χ1v) is 2.84. The summed E-state index contributed by atoms with van der Waals surface area (Å²) in [5, 5.41) is 26.2. The number of hydrogen-bond acceptors (Lipinski definition) is 4. The van der Waals surface area contributed by atoms with Gasteiger partial charge in [-0.25, -0.2) is 0 Å². The van der Waals surface area contributed by atoms with Gasteiger partial charge in [-0.3, -0.25) is 0 Å². The van der Waals surface area contributed by atoms with Crippen molar-refractivity contribution in [1.29, 1.82) is 0 Å². The summed E-state index contributed by atoms with van der Waals surface area (Å²) in [7, 11) is 0. The molecule has 3 N–H and O–H groups in total. The Hall–Kier alpha value is 0.190. The van der Waals surface area contributed by atoms with E-state index in [0.29, 0.717) is 0 Å². The number of aliphatic hydroxyl groups excluding tert-OH is 3. The summed E-state index contributed by atoms with van der Waals surface area (Å²) in [4.78, 5) is 0. The minimum atomic E-state index is -0.921. The molecule has 62 valence electrons. The van der Waals surface area contributed by atoms with Crippen molar-refractivity contribution in [2.75, 3.05) is 13.2 Å². The highest BCUT2D eigenvalue weighted by Crippen LogP contribution is 2.12. The molecule has 0 aromatic rings. The maximum absolute atomic E-state index is 8.92. The van der Waals surface area contributed by atoms with Gasteiger partial charge in [0.15, 0.2) is 0 Å². The molecule has 0 spiro atoms. The van der Waals surface area contributed by atoms with E-state index in [1.807, 2.05) is 0 Å². The van der Waals surface area contributed by atoms with Crippen LogP contribution in [0.4, 0.5) is 0 Å². The van der Waals surface area contributed by atoms with Crippen LogP contribution in [0, 0.1) is 0 Å². The standard InChI is InChI=1S/C5H10O4.H2S/c6-1-4-5(8)3(7)2-9-4;/h3-8H,1-2H2;1H2/t3-,4-,5+;/m1./s1. The van der Waals surface area contributed by atoms with E-state index in [1.54, 1.807) is 0 Å². The van der Waals surface area contributed by atoms with Gasteiger partial charge in [0.25, 0.3) is 0 Å². The lowest BCUT2D eigenvalue weighted by Crippen LogP contribution is -2.31. The molecule has 1 heterocycles. The van der Waals surface area contributed by atoms with Crippen molar-refractivity contribution in [3.8, 4) is 0 Å². The van der Waals surface area contributed by atoms with Crippen LogP contribution in [-0.2, 0) is 4.74 Å². The van der Waals surface area contributed by atoms with Crippen LogP contribution >= 0.6 is 13.5 Å². The molecule has 3 atom stereocenters. The van der Waals surface area contributed by atoms with E-state index in [0.717, 1.165) is 0 Å². The average molecular weight is 168 g/mol. The molecular weight excluding hydrogens is 156 g/mol. The molecule has 1 aliphatic rings. The fourth-order valence-electron chi connectivity index (χ4n) is 0.828. The Morgan fingerprint density at radius 2 is 2.00 bits per heavy atom. The number of ether oxygens (including phenoxy) is 1. The van der Waals surface area contributed by atoms with E-state index < -0.39 is 18.3 Å². The lowest BCUT2D eigenvalue weighted by Gasteiger charge is -2.10. The Morgan fingerprint density at radius 1 is 1.40 bits per heavy atom. The van der Waals surface area contributed by atoms with E-state index >= 15 is 0 Å². The van der Waals surface area contributed by atoms with Gasteiger partial charge in [-0.15, -0.1) is 0 Å². The third-order valence-corrected chi connectivity index (χ3v) is 1.44. The summed E-state index contributed by atoms with van der Waals surface area (Å²) in [6, 6.07) is 0. The van der Waals surface area contributed by atoms with Crippen molar-refractivity contribution in [3.05, 3.63) is 0 Å². The van der Waals surface area contributed by atoms with Crippen molar-refractivity contribution in [1.82, 2.24) is 0 Å². The van der Waals surface area contributed by atoms with Gasteiger partial charge in [0.05, 0.1) is 13.2 Å². The summed E-state index contributed by atoms with van der Waals surface area (Å²) in [6.07, 6.45) is -2.35. The van der Waals surface area contributed by atoms with Gasteiger partial charge in [0, 0.05) is 0 Å². The second-order valence-corrected chi connectivity index (χ2v) is 2.11. The fourth-order valence-corrected chi connectivity index (χ4v) is 0.828. The third-order valence-electron chi connectivity index (χ3n) is 1.44. The van der Waals surface area contributed by atoms with Gasteiger partial charge >= 0.3 is 0 Å². The molecule has 1 aliphatic heterocycles. The van der Waals surface area contributed by atoms with Crippen molar-refractivity contribution < 1.29 is 20.1 Å². The predicted octanol–water partition coefficient (Wildman–Crippen LogP) is -1.79. The smallest absolute Gasteiger partial charge is 0.110 e. The highest BCUT2D eigenvalue weighted by molar-refractivity contribution is 7.59. The maximum Gasteiger partial charge on any atom is 0.110 e. The van der Waals surface area contributed by atoms with Crippen molar-refractivity contribution in [2.24, 2.45) is 0 Å². The number of hydrogen-bond donors (Lipinski definition) is 3. The molecule has 1 saturated heterocycles. The second kappa shape index (κ2) is 4.15. The van der Waals surface area contributed by atoms with Crippen LogP contribution < -0.4 is 0 Å². The lowest BCUT2D eigenvalue weighted by molar-refractivity contribution is -0.00588. The van der Waals surface area contributed by atoms with E-state index in [4.69, 9.17) is 20.1 Å². The van der Waals surface area contributed by atoms with E-state index in [-0.39, 0.29) is 26.7 Å². The zero-order chi connectivity index (χ0) is 6.85. The Balaban J connectivity index is 0.000000810. The molecule has 0 aliphatic carbocycles. The van der Waals surface area contributed by atoms with Gasteiger partial charge in [0.1, 0.15) is 18.3 Å². The average Bonchev–Trinajstić information content (AvgIpc) is 2.15. The van der Waals surface area contributed by atoms with Gasteiger partial charge in [-0.2, -0.15) is 13.5 Å². The minimum Gasteiger partial charge on any atom is -0.394 e. The highest BCUT2D eigenvalue weighted by Gasteiger charge is 2.33. The molecule has 1 rings (SSSR count). The summed E-state index contributed by atoms with van der Waals surface area (Å²) >= 11 is 0. The fraction of sp³-hybridized carbons (Fsp3) is 1.00. The Bertz CT molecular complexity index is 99.6. The molecule has 0 unspecified atom stereocenters. The lowest BCUT2D eigenvalue weighted by atomic mass is 10.2. The molecule has 0 amide bonds. The molecule has 0 radical (unpaired) electrons. The van der Waals surface area contributed by atoms with Gasteiger partial charge in [-0.05, 0) is 0 Å². The minimum absolute atomic E-state index is 0.